The van der Waals surface area contributed by atoms with Crippen molar-refractivity contribution in [1.29, 1.82) is 0 Å². The Morgan fingerprint density at radius 3 is 2.56 bits per heavy atom. The number of nitrogens with one attached hydrogen (secondary N) is 1. The summed E-state index contributed by atoms with van der Waals surface area (Å²) < 4.78 is 5.61. The second-order valence-electron chi connectivity index (χ2n) is 6.67. The molecule has 1 aliphatic rings. The molecule has 0 aromatic rings. The molecule has 0 amide bonds. The third kappa shape index (κ3) is 5.71. The van der Waals surface area contributed by atoms with Crippen LogP contribution >= 0.6 is 0 Å². The van der Waals surface area contributed by atoms with E-state index in [-0.39, 0.29) is 0 Å². The Balaban J connectivity index is 2.28. The van der Waals surface area contributed by atoms with Gasteiger partial charge in [-0.1, -0.05) is 52.9 Å². The second kappa shape index (κ2) is 8.16. The zero-order chi connectivity index (χ0) is 13.4. The van der Waals surface area contributed by atoms with Crippen molar-refractivity contribution in [3.8, 4) is 0 Å². The molecular formula is C16H33NO. The molecule has 0 aliphatic heterocycles. The van der Waals surface area contributed by atoms with E-state index in [1.165, 1.54) is 51.4 Å². The first-order valence-electron chi connectivity index (χ1n) is 7.85. The van der Waals surface area contributed by atoms with Gasteiger partial charge in [0.2, 0.25) is 0 Å². The first-order valence-corrected chi connectivity index (χ1v) is 7.85. The number of unbranched alkanes of at least 4 members (excludes halogenated alkanes) is 2. The molecule has 0 heterocycles. The van der Waals surface area contributed by atoms with E-state index in [1.807, 2.05) is 7.11 Å². The number of hydrogen-bond acceptors (Lipinski definition) is 2. The van der Waals surface area contributed by atoms with E-state index < -0.39 is 0 Å². The molecule has 0 aromatic heterocycles. The average molecular weight is 255 g/mol. The molecule has 0 spiro atoms. The first-order chi connectivity index (χ1) is 8.59. The molecule has 2 unspecified atom stereocenters. The normalized spacial score (nSPS) is 25.3. The quantitative estimate of drug-likeness (QED) is 0.658. The van der Waals surface area contributed by atoms with Gasteiger partial charge in [0.15, 0.2) is 0 Å². The summed E-state index contributed by atoms with van der Waals surface area (Å²) in [6, 6.07) is 0.578. The van der Waals surface area contributed by atoms with Gasteiger partial charge in [0.25, 0.3) is 0 Å². The lowest BCUT2D eigenvalue weighted by Crippen LogP contribution is -2.46. The van der Waals surface area contributed by atoms with Gasteiger partial charge in [0, 0.05) is 19.7 Å². The Morgan fingerprint density at radius 2 is 1.89 bits per heavy atom. The minimum atomic E-state index is 0.422. The predicted octanol–water partition coefficient (Wildman–Crippen LogP) is 4.14. The summed E-state index contributed by atoms with van der Waals surface area (Å²) in [4.78, 5) is 0. The van der Waals surface area contributed by atoms with Crippen LogP contribution in [-0.4, -0.2) is 25.8 Å². The summed E-state index contributed by atoms with van der Waals surface area (Å²) >= 11 is 0. The highest BCUT2D eigenvalue weighted by molar-refractivity contribution is 4.84. The average Bonchev–Trinajstić information content (AvgIpc) is 2.37. The van der Waals surface area contributed by atoms with Crippen LogP contribution in [0.1, 0.15) is 72.1 Å². The third-order valence-electron chi connectivity index (χ3n) is 4.31. The van der Waals surface area contributed by atoms with Gasteiger partial charge >= 0.3 is 0 Å². The van der Waals surface area contributed by atoms with Crippen molar-refractivity contribution in [2.75, 3.05) is 13.7 Å². The Bertz CT molecular complexity index is 215. The molecule has 2 nitrogen and oxygen atoms in total. The van der Waals surface area contributed by atoms with Crippen molar-refractivity contribution in [3.05, 3.63) is 0 Å². The fourth-order valence-corrected chi connectivity index (χ4v) is 2.96. The van der Waals surface area contributed by atoms with Gasteiger partial charge in [-0.3, -0.25) is 0 Å². The molecule has 18 heavy (non-hydrogen) atoms. The van der Waals surface area contributed by atoms with E-state index in [2.05, 4.69) is 26.1 Å². The van der Waals surface area contributed by atoms with E-state index in [0.717, 1.165) is 6.54 Å². The maximum atomic E-state index is 5.61. The van der Waals surface area contributed by atoms with Crippen LogP contribution in [0.2, 0.25) is 0 Å². The van der Waals surface area contributed by atoms with Gasteiger partial charge in [-0.15, -0.1) is 0 Å². The van der Waals surface area contributed by atoms with Crippen LogP contribution in [0.15, 0.2) is 0 Å². The van der Waals surface area contributed by atoms with Crippen molar-refractivity contribution in [3.63, 3.8) is 0 Å². The van der Waals surface area contributed by atoms with Crippen LogP contribution in [0, 0.1) is 5.41 Å². The third-order valence-corrected chi connectivity index (χ3v) is 4.31. The van der Waals surface area contributed by atoms with Crippen LogP contribution in [-0.2, 0) is 4.74 Å². The lowest BCUT2D eigenvalue weighted by molar-refractivity contribution is 0.0381. The van der Waals surface area contributed by atoms with Gasteiger partial charge in [-0.25, -0.2) is 0 Å². The van der Waals surface area contributed by atoms with Crippen molar-refractivity contribution in [1.82, 2.24) is 5.32 Å². The van der Waals surface area contributed by atoms with Crippen molar-refractivity contribution < 1.29 is 4.74 Å². The molecule has 0 aromatic carbocycles. The Labute approximate surface area is 114 Å². The molecule has 1 fully saturated rings. The summed E-state index contributed by atoms with van der Waals surface area (Å²) in [7, 11) is 1.86. The van der Waals surface area contributed by atoms with Crippen LogP contribution in [0.5, 0.6) is 0 Å². The van der Waals surface area contributed by atoms with E-state index in [1.54, 1.807) is 0 Å². The van der Waals surface area contributed by atoms with Crippen LogP contribution in [0.4, 0.5) is 0 Å². The van der Waals surface area contributed by atoms with Gasteiger partial charge in [0.05, 0.1) is 6.10 Å². The highest BCUT2D eigenvalue weighted by Crippen LogP contribution is 2.25. The minimum absolute atomic E-state index is 0.422. The monoisotopic (exact) mass is 255 g/mol. The smallest absolute Gasteiger partial charge is 0.0724 e. The van der Waals surface area contributed by atoms with Crippen LogP contribution < -0.4 is 5.32 Å². The number of methoxy groups -OCH3 is 1. The zero-order valence-electron chi connectivity index (χ0n) is 12.9. The largest absolute Gasteiger partial charge is 0.380 e. The highest BCUT2D eigenvalue weighted by Gasteiger charge is 2.26. The molecule has 1 aliphatic carbocycles. The molecule has 0 saturated heterocycles. The summed E-state index contributed by atoms with van der Waals surface area (Å²) in [6.45, 7) is 8.18. The van der Waals surface area contributed by atoms with E-state index in [0.29, 0.717) is 17.6 Å². The molecule has 0 radical (unpaired) electrons. The summed E-state index contributed by atoms with van der Waals surface area (Å²) in [5.74, 6) is 0. The molecule has 0 bridgehead atoms. The minimum Gasteiger partial charge on any atom is -0.380 e. The molecule has 1 rings (SSSR count). The first kappa shape index (κ1) is 16.0. The Kier molecular flexibility index (Phi) is 7.25. The number of rotatable bonds is 8. The zero-order valence-corrected chi connectivity index (χ0v) is 12.9. The Morgan fingerprint density at radius 1 is 1.17 bits per heavy atom. The van der Waals surface area contributed by atoms with Gasteiger partial charge in [0.1, 0.15) is 0 Å². The van der Waals surface area contributed by atoms with Gasteiger partial charge < -0.3 is 10.1 Å². The van der Waals surface area contributed by atoms with Crippen LogP contribution in [0.3, 0.4) is 0 Å². The molecular weight excluding hydrogens is 222 g/mol. The molecule has 2 atom stereocenters. The van der Waals surface area contributed by atoms with Gasteiger partial charge in [-0.2, -0.15) is 0 Å². The van der Waals surface area contributed by atoms with E-state index >= 15 is 0 Å². The lowest BCUT2D eigenvalue weighted by atomic mass is 9.85. The van der Waals surface area contributed by atoms with Gasteiger partial charge in [-0.05, 0) is 24.7 Å². The lowest BCUT2D eigenvalue weighted by Gasteiger charge is -2.34. The van der Waals surface area contributed by atoms with Crippen molar-refractivity contribution in [2.45, 2.75) is 84.3 Å². The number of ether oxygens (including phenoxy) is 1. The van der Waals surface area contributed by atoms with Crippen LogP contribution in [0.25, 0.3) is 0 Å². The summed E-state index contributed by atoms with van der Waals surface area (Å²) in [5.41, 5.74) is 0.422. The fraction of sp³-hybridized carbons (Fsp3) is 1.00. The van der Waals surface area contributed by atoms with E-state index in [9.17, 15) is 0 Å². The maximum Gasteiger partial charge on any atom is 0.0724 e. The standard InChI is InChI=1S/C16H33NO/c1-5-6-9-12-16(2,3)13-17-14-10-7-8-11-15(14)18-4/h14-15,17H,5-13H2,1-4H3. The summed E-state index contributed by atoms with van der Waals surface area (Å²) in [6.07, 6.45) is 11.0. The Hall–Kier alpha value is -0.0800. The molecule has 108 valence electrons. The summed E-state index contributed by atoms with van der Waals surface area (Å²) in [5, 5.41) is 3.76. The van der Waals surface area contributed by atoms with E-state index in [4.69, 9.17) is 4.74 Å². The maximum absolute atomic E-state index is 5.61. The molecule has 2 heteroatoms. The SMILES string of the molecule is CCCCCC(C)(C)CNC1CCCCC1OC. The van der Waals surface area contributed by atoms with Crippen molar-refractivity contribution in [2.24, 2.45) is 5.41 Å². The highest BCUT2D eigenvalue weighted by atomic mass is 16.5. The number of hydrogen-bond donors (Lipinski definition) is 1. The molecule has 1 N–H and O–H groups in total. The van der Waals surface area contributed by atoms with Crippen molar-refractivity contribution >= 4 is 0 Å². The fourth-order valence-electron chi connectivity index (χ4n) is 2.96. The topological polar surface area (TPSA) is 21.3 Å². The predicted molar refractivity (Wildman–Crippen MR) is 79.0 cm³/mol. The molecule has 1 saturated carbocycles. The second-order valence-corrected chi connectivity index (χ2v) is 6.67.